The molecule has 0 saturated heterocycles. The summed E-state index contributed by atoms with van der Waals surface area (Å²) in [5.41, 5.74) is 0.695. The molecule has 0 bridgehead atoms. The Balaban J connectivity index is 2.70. The Kier molecular flexibility index (Phi) is 4.33. The molecular formula is C14H17NO3. The highest BCUT2D eigenvalue weighted by Gasteiger charge is 2.17. The van der Waals surface area contributed by atoms with Crippen LogP contribution in [0.25, 0.3) is 0 Å². The fraction of sp³-hybridized carbons (Fsp3) is 0.429. The molecule has 0 unspecified atom stereocenters. The summed E-state index contributed by atoms with van der Waals surface area (Å²) in [6.07, 6.45) is 0. The van der Waals surface area contributed by atoms with Gasteiger partial charge >= 0.3 is 5.97 Å². The average molecular weight is 247 g/mol. The van der Waals surface area contributed by atoms with Gasteiger partial charge < -0.3 is 9.47 Å². The first-order valence-electron chi connectivity index (χ1n) is 5.68. The summed E-state index contributed by atoms with van der Waals surface area (Å²) in [5.74, 6) is -0.0134. The molecule has 0 N–H and O–H groups in total. The molecule has 96 valence electrons. The minimum atomic E-state index is -0.537. The van der Waals surface area contributed by atoms with E-state index >= 15 is 0 Å². The molecule has 0 heterocycles. The molecule has 0 spiro atoms. The zero-order chi connectivity index (χ0) is 13.8. The van der Waals surface area contributed by atoms with E-state index in [1.807, 2.05) is 19.1 Å². The molecule has 18 heavy (non-hydrogen) atoms. The quantitative estimate of drug-likeness (QED) is 0.770. The van der Waals surface area contributed by atoms with E-state index in [9.17, 15) is 4.79 Å². The van der Waals surface area contributed by atoms with Crippen LogP contribution in [0, 0.1) is 18.3 Å². The molecule has 1 rings (SSSR count). The highest BCUT2D eigenvalue weighted by molar-refractivity contribution is 5.71. The molecule has 0 aliphatic carbocycles. The summed E-state index contributed by atoms with van der Waals surface area (Å²) < 4.78 is 10.5. The van der Waals surface area contributed by atoms with Gasteiger partial charge in [0.2, 0.25) is 0 Å². The Bertz CT molecular complexity index is 481. The van der Waals surface area contributed by atoms with E-state index in [0.717, 1.165) is 5.56 Å². The molecule has 0 aliphatic heterocycles. The Morgan fingerprint density at radius 2 is 2.06 bits per heavy atom. The van der Waals surface area contributed by atoms with Crippen molar-refractivity contribution in [3.63, 3.8) is 0 Å². The van der Waals surface area contributed by atoms with Crippen LogP contribution >= 0.6 is 0 Å². The van der Waals surface area contributed by atoms with E-state index in [0.29, 0.717) is 11.3 Å². The molecule has 0 fully saturated rings. The highest BCUT2D eigenvalue weighted by atomic mass is 16.6. The van der Waals surface area contributed by atoms with Crippen LogP contribution in [0.1, 0.15) is 31.9 Å². The van der Waals surface area contributed by atoms with Crippen molar-refractivity contribution < 1.29 is 14.3 Å². The van der Waals surface area contributed by atoms with Crippen LogP contribution in [0.5, 0.6) is 5.75 Å². The number of benzene rings is 1. The fourth-order valence-electron chi connectivity index (χ4n) is 1.43. The van der Waals surface area contributed by atoms with Crippen LogP contribution in [0.15, 0.2) is 18.2 Å². The van der Waals surface area contributed by atoms with Gasteiger partial charge in [-0.1, -0.05) is 12.1 Å². The third-order valence-corrected chi connectivity index (χ3v) is 2.09. The van der Waals surface area contributed by atoms with Crippen LogP contribution < -0.4 is 4.74 Å². The largest absolute Gasteiger partial charge is 0.480 e. The summed E-state index contributed by atoms with van der Waals surface area (Å²) in [6, 6.07) is 7.28. The van der Waals surface area contributed by atoms with E-state index in [2.05, 4.69) is 0 Å². The normalized spacial score (nSPS) is 10.6. The fourth-order valence-corrected chi connectivity index (χ4v) is 1.43. The number of para-hydroxylation sites is 1. The smallest absolute Gasteiger partial charge is 0.344 e. The first kappa shape index (κ1) is 14.0. The second-order valence-electron chi connectivity index (χ2n) is 4.94. The van der Waals surface area contributed by atoms with Crippen molar-refractivity contribution in [3.05, 3.63) is 29.3 Å². The van der Waals surface area contributed by atoms with Gasteiger partial charge in [-0.2, -0.15) is 5.26 Å². The molecule has 4 heteroatoms. The number of esters is 1. The predicted octanol–water partition coefficient (Wildman–Crippen LogP) is 2.59. The minimum absolute atomic E-state index is 0.198. The van der Waals surface area contributed by atoms with Crippen molar-refractivity contribution in [2.45, 2.75) is 33.3 Å². The summed E-state index contributed by atoms with van der Waals surface area (Å²) in [4.78, 5) is 11.5. The second-order valence-corrected chi connectivity index (χ2v) is 4.94. The number of aryl methyl sites for hydroxylation is 1. The standard InChI is InChI=1S/C14H17NO3/c1-10-6-5-7-11(8-15)13(10)17-9-12(16)18-14(2,3)4/h5-7H,9H2,1-4H3. The molecule has 0 aromatic heterocycles. The molecule has 0 radical (unpaired) electrons. The molecule has 0 atom stereocenters. The summed E-state index contributed by atoms with van der Waals surface area (Å²) in [6.45, 7) is 7.00. The van der Waals surface area contributed by atoms with Crippen LogP contribution in [-0.2, 0) is 9.53 Å². The lowest BCUT2D eigenvalue weighted by molar-refractivity contribution is -0.157. The lowest BCUT2D eigenvalue weighted by atomic mass is 10.1. The molecule has 1 aromatic carbocycles. The van der Waals surface area contributed by atoms with E-state index in [4.69, 9.17) is 14.7 Å². The Hall–Kier alpha value is -2.02. The van der Waals surface area contributed by atoms with Gasteiger partial charge in [0, 0.05) is 0 Å². The SMILES string of the molecule is Cc1cccc(C#N)c1OCC(=O)OC(C)(C)C. The first-order valence-corrected chi connectivity index (χ1v) is 5.68. The number of rotatable bonds is 3. The number of nitriles is 1. The molecule has 0 saturated carbocycles. The Labute approximate surface area is 107 Å². The highest BCUT2D eigenvalue weighted by Crippen LogP contribution is 2.22. The number of ether oxygens (including phenoxy) is 2. The molecule has 0 aliphatic rings. The number of hydrogen-bond acceptors (Lipinski definition) is 4. The van der Waals surface area contributed by atoms with Gasteiger partial charge in [0.25, 0.3) is 0 Å². The number of nitrogens with zero attached hydrogens (tertiary/aromatic N) is 1. The van der Waals surface area contributed by atoms with E-state index in [1.54, 1.807) is 32.9 Å². The third kappa shape index (κ3) is 4.10. The van der Waals surface area contributed by atoms with Crippen molar-refractivity contribution >= 4 is 5.97 Å². The lowest BCUT2D eigenvalue weighted by Gasteiger charge is -2.19. The topological polar surface area (TPSA) is 59.3 Å². The second kappa shape index (κ2) is 5.54. The number of carbonyl (C=O) groups is 1. The van der Waals surface area contributed by atoms with E-state index < -0.39 is 11.6 Å². The minimum Gasteiger partial charge on any atom is -0.480 e. The van der Waals surface area contributed by atoms with E-state index in [-0.39, 0.29) is 6.61 Å². The zero-order valence-electron chi connectivity index (χ0n) is 11.1. The van der Waals surface area contributed by atoms with Gasteiger partial charge in [-0.25, -0.2) is 4.79 Å². The van der Waals surface area contributed by atoms with E-state index in [1.165, 1.54) is 0 Å². The Morgan fingerprint density at radius 3 is 2.61 bits per heavy atom. The molecule has 0 amide bonds. The van der Waals surface area contributed by atoms with Crippen LogP contribution in [0.2, 0.25) is 0 Å². The number of hydrogen-bond donors (Lipinski definition) is 0. The maximum Gasteiger partial charge on any atom is 0.344 e. The van der Waals surface area contributed by atoms with Crippen molar-refractivity contribution in [1.29, 1.82) is 5.26 Å². The lowest BCUT2D eigenvalue weighted by Crippen LogP contribution is -2.27. The Morgan fingerprint density at radius 1 is 1.39 bits per heavy atom. The zero-order valence-corrected chi connectivity index (χ0v) is 11.1. The van der Waals surface area contributed by atoms with Crippen molar-refractivity contribution in [2.75, 3.05) is 6.61 Å². The maximum atomic E-state index is 11.5. The van der Waals surface area contributed by atoms with Crippen LogP contribution in [0.3, 0.4) is 0 Å². The summed E-state index contributed by atoms with van der Waals surface area (Å²) >= 11 is 0. The maximum absolute atomic E-state index is 11.5. The molecule has 1 aromatic rings. The van der Waals surface area contributed by atoms with Gasteiger partial charge in [0.15, 0.2) is 6.61 Å². The predicted molar refractivity (Wildman–Crippen MR) is 67.2 cm³/mol. The monoisotopic (exact) mass is 247 g/mol. The number of carbonyl (C=O) groups excluding carboxylic acids is 1. The van der Waals surface area contributed by atoms with Gasteiger partial charge in [-0.05, 0) is 39.3 Å². The van der Waals surface area contributed by atoms with Crippen LogP contribution in [-0.4, -0.2) is 18.2 Å². The first-order chi connectivity index (χ1) is 8.33. The average Bonchev–Trinajstić information content (AvgIpc) is 2.24. The van der Waals surface area contributed by atoms with Gasteiger partial charge in [0.05, 0.1) is 5.56 Å². The molecular weight excluding hydrogens is 230 g/mol. The van der Waals surface area contributed by atoms with Crippen molar-refractivity contribution in [3.8, 4) is 11.8 Å². The summed E-state index contributed by atoms with van der Waals surface area (Å²) in [7, 11) is 0. The van der Waals surface area contributed by atoms with Gasteiger partial charge in [-0.3, -0.25) is 0 Å². The van der Waals surface area contributed by atoms with Crippen molar-refractivity contribution in [2.24, 2.45) is 0 Å². The van der Waals surface area contributed by atoms with Gasteiger partial charge in [-0.15, -0.1) is 0 Å². The van der Waals surface area contributed by atoms with Crippen LogP contribution in [0.4, 0.5) is 0 Å². The van der Waals surface area contributed by atoms with Crippen molar-refractivity contribution in [1.82, 2.24) is 0 Å². The van der Waals surface area contributed by atoms with Gasteiger partial charge in [0.1, 0.15) is 17.4 Å². The molecule has 4 nitrogen and oxygen atoms in total. The summed E-state index contributed by atoms with van der Waals surface area (Å²) in [5, 5.41) is 8.95. The third-order valence-electron chi connectivity index (χ3n) is 2.09.